The van der Waals surface area contributed by atoms with E-state index >= 15 is 0 Å². The molecule has 28 heavy (non-hydrogen) atoms. The van der Waals surface area contributed by atoms with Gasteiger partial charge < -0.3 is 20.3 Å². The summed E-state index contributed by atoms with van der Waals surface area (Å²) in [5, 5.41) is 6.52. The smallest absolute Gasteiger partial charge is 0.234 e. The van der Waals surface area contributed by atoms with Crippen molar-refractivity contribution in [2.24, 2.45) is 5.92 Å². The van der Waals surface area contributed by atoms with Crippen LogP contribution in [0.1, 0.15) is 39.0 Å². The van der Waals surface area contributed by atoms with Gasteiger partial charge in [0.2, 0.25) is 11.8 Å². The van der Waals surface area contributed by atoms with Crippen molar-refractivity contribution in [3.8, 4) is 0 Å². The molecule has 9 heteroatoms. The summed E-state index contributed by atoms with van der Waals surface area (Å²) in [6, 6.07) is 0.491. The number of halogens is 2. The van der Waals surface area contributed by atoms with E-state index in [9.17, 15) is 9.59 Å². The van der Waals surface area contributed by atoms with Gasteiger partial charge in [-0.1, -0.05) is 6.92 Å². The second kappa shape index (κ2) is 12.9. The first-order chi connectivity index (χ1) is 12.6. The molecule has 1 saturated carbocycles. The van der Waals surface area contributed by atoms with Gasteiger partial charge in [-0.25, -0.2) is 0 Å². The predicted molar refractivity (Wildman–Crippen MR) is 114 cm³/mol. The molecule has 0 aromatic carbocycles. The quantitative estimate of drug-likeness (QED) is 0.670. The zero-order chi connectivity index (χ0) is 18.4. The molecular formula is C19H36Cl2N4O3. The summed E-state index contributed by atoms with van der Waals surface area (Å²) in [5.74, 6) is 1.12. The number of hydrogen-bond donors (Lipinski definition) is 2. The lowest BCUT2D eigenvalue weighted by Gasteiger charge is -2.36. The first-order valence-electron chi connectivity index (χ1n) is 10.2. The van der Waals surface area contributed by atoms with E-state index in [1.807, 2.05) is 4.90 Å². The maximum Gasteiger partial charge on any atom is 0.234 e. The molecule has 3 aliphatic rings. The number of rotatable bonds is 5. The Bertz CT molecular complexity index is 476. The lowest BCUT2D eigenvalue weighted by Crippen LogP contribution is -2.53. The summed E-state index contributed by atoms with van der Waals surface area (Å²) in [7, 11) is 0. The van der Waals surface area contributed by atoms with Crippen molar-refractivity contribution in [2.45, 2.75) is 51.1 Å². The molecule has 2 saturated heterocycles. The Labute approximate surface area is 181 Å². The van der Waals surface area contributed by atoms with Crippen molar-refractivity contribution in [1.29, 1.82) is 0 Å². The van der Waals surface area contributed by atoms with Crippen molar-refractivity contribution in [3.63, 3.8) is 0 Å². The SMILES string of the molecule is CC1CCC(NC(=O)CN2CCN(C(=O)CC3COCCN3)CC2)CC1.Cl.Cl. The van der Waals surface area contributed by atoms with Crippen LogP contribution in [0.2, 0.25) is 0 Å². The van der Waals surface area contributed by atoms with Crippen LogP contribution in [-0.4, -0.2) is 86.2 Å². The third-order valence-corrected chi connectivity index (χ3v) is 5.89. The van der Waals surface area contributed by atoms with E-state index < -0.39 is 0 Å². The molecular weight excluding hydrogens is 403 g/mol. The lowest BCUT2D eigenvalue weighted by atomic mass is 9.87. The number of piperazine rings is 1. The monoisotopic (exact) mass is 438 g/mol. The summed E-state index contributed by atoms with van der Waals surface area (Å²) in [6.07, 6.45) is 5.14. The van der Waals surface area contributed by atoms with E-state index in [-0.39, 0.29) is 42.7 Å². The number of amides is 2. The molecule has 0 bridgehead atoms. The fourth-order valence-electron chi connectivity index (χ4n) is 4.13. The van der Waals surface area contributed by atoms with E-state index in [0.29, 0.717) is 38.7 Å². The van der Waals surface area contributed by atoms with Gasteiger partial charge in [0.25, 0.3) is 0 Å². The number of nitrogens with one attached hydrogen (secondary N) is 2. The van der Waals surface area contributed by atoms with E-state index in [4.69, 9.17) is 4.74 Å². The van der Waals surface area contributed by atoms with E-state index in [1.54, 1.807) is 0 Å². The summed E-state index contributed by atoms with van der Waals surface area (Å²) in [4.78, 5) is 28.8. The Balaban J connectivity index is 0.00000196. The maximum absolute atomic E-state index is 12.4. The minimum Gasteiger partial charge on any atom is -0.378 e. The molecule has 164 valence electrons. The van der Waals surface area contributed by atoms with Gasteiger partial charge in [-0.2, -0.15) is 0 Å². The van der Waals surface area contributed by atoms with Gasteiger partial charge in [-0.15, -0.1) is 24.8 Å². The molecule has 7 nitrogen and oxygen atoms in total. The maximum atomic E-state index is 12.4. The van der Waals surface area contributed by atoms with Crippen molar-refractivity contribution in [2.75, 3.05) is 52.5 Å². The zero-order valence-electron chi connectivity index (χ0n) is 16.9. The van der Waals surface area contributed by atoms with Crippen LogP contribution in [0.25, 0.3) is 0 Å². The highest BCUT2D eigenvalue weighted by molar-refractivity contribution is 5.85. The Hall–Kier alpha value is -0.600. The number of nitrogens with zero attached hydrogens (tertiary/aromatic N) is 2. The van der Waals surface area contributed by atoms with Gasteiger partial charge in [0, 0.05) is 51.2 Å². The molecule has 0 aromatic heterocycles. The van der Waals surface area contributed by atoms with E-state index in [1.165, 1.54) is 12.8 Å². The molecule has 2 aliphatic heterocycles. The molecule has 0 aromatic rings. The Morgan fingerprint density at radius 2 is 1.75 bits per heavy atom. The molecule has 3 rings (SSSR count). The Kier molecular flexibility index (Phi) is 11.7. The second-order valence-electron chi connectivity index (χ2n) is 8.11. The topological polar surface area (TPSA) is 73.9 Å². The fourth-order valence-corrected chi connectivity index (χ4v) is 4.13. The highest BCUT2D eigenvalue weighted by Crippen LogP contribution is 2.23. The number of ether oxygens (including phenoxy) is 1. The summed E-state index contributed by atoms with van der Waals surface area (Å²) in [5.41, 5.74) is 0. The molecule has 1 atom stereocenters. The lowest BCUT2D eigenvalue weighted by molar-refractivity contribution is -0.134. The normalized spacial score (nSPS) is 28.6. The number of carbonyl (C=O) groups excluding carboxylic acids is 2. The average molecular weight is 439 g/mol. The summed E-state index contributed by atoms with van der Waals surface area (Å²) in [6.45, 7) is 7.87. The number of hydrogen-bond acceptors (Lipinski definition) is 5. The van der Waals surface area contributed by atoms with Crippen molar-refractivity contribution in [3.05, 3.63) is 0 Å². The summed E-state index contributed by atoms with van der Waals surface area (Å²) >= 11 is 0. The first kappa shape index (κ1) is 25.4. The molecule has 2 N–H and O–H groups in total. The Morgan fingerprint density at radius 1 is 1.07 bits per heavy atom. The molecule has 1 aliphatic carbocycles. The van der Waals surface area contributed by atoms with Crippen LogP contribution >= 0.6 is 24.8 Å². The first-order valence-corrected chi connectivity index (χ1v) is 10.2. The average Bonchev–Trinajstić information content (AvgIpc) is 2.65. The molecule has 1 unspecified atom stereocenters. The molecule has 0 spiro atoms. The van der Waals surface area contributed by atoms with Crippen molar-refractivity contribution >= 4 is 36.6 Å². The third kappa shape index (κ3) is 8.03. The van der Waals surface area contributed by atoms with Gasteiger partial charge in [0.15, 0.2) is 0 Å². The predicted octanol–water partition coefficient (Wildman–Crippen LogP) is 1.05. The van der Waals surface area contributed by atoms with Gasteiger partial charge >= 0.3 is 0 Å². The van der Waals surface area contributed by atoms with Crippen LogP contribution in [0.5, 0.6) is 0 Å². The Morgan fingerprint density at radius 3 is 2.36 bits per heavy atom. The van der Waals surface area contributed by atoms with Crippen LogP contribution in [-0.2, 0) is 14.3 Å². The van der Waals surface area contributed by atoms with Gasteiger partial charge in [0.05, 0.1) is 19.8 Å². The van der Waals surface area contributed by atoms with Gasteiger partial charge in [-0.3, -0.25) is 14.5 Å². The van der Waals surface area contributed by atoms with Crippen LogP contribution < -0.4 is 10.6 Å². The minimum absolute atomic E-state index is 0. The molecule has 2 amide bonds. The molecule has 3 fully saturated rings. The highest BCUT2D eigenvalue weighted by atomic mass is 35.5. The molecule has 0 radical (unpaired) electrons. The number of morpholine rings is 1. The van der Waals surface area contributed by atoms with E-state index in [0.717, 1.165) is 45.0 Å². The fraction of sp³-hybridized carbons (Fsp3) is 0.895. The van der Waals surface area contributed by atoms with Crippen molar-refractivity contribution < 1.29 is 14.3 Å². The van der Waals surface area contributed by atoms with Gasteiger partial charge in [-0.05, 0) is 31.6 Å². The second-order valence-corrected chi connectivity index (χ2v) is 8.11. The molecule has 2 heterocycles. The highest BCUT2D eigenvalue weighted by Gasteiger charge is 2.26. The largest absolute Gasteiger partial charge is 0.378 e. The van der Waals surface area contributed by atoms with Crippen LogP contribution in [0.4, 0.5) is 0 Å². The number of carbonyl (C=O) groups is 2. The third-order valence-electron chi connectivity index (χ3n) is 5.89. The summed E-state index contributed by atoms with van der Waals surface area (Å²) < 4.78 is 5.41. The van der Waals surface area contributed by atoms with Gasteiger partial charge in [0.1, 0.15) is 0 Å². The zero-order valence-corrected chi connectivity index (χ0v) is 18.5. The standard InChI is InChI=1S/C19H34N4O3.2ClH/c1-15-2-4-16(5-3-15)21-18(24)13-22-7-9-23(10-8-22)19(25)12-17-14-26-11-6-20-17;;/h15-17,20H,2-14H2,1H3,(H,21,24);2*1H. The van der Waals surface area contributed by atoms with Crippen LogP contribution in [0.3, 0.4) is 0 Å². The minimum atomic E-state index is 0. The van der Waals surface area contributed by atoms with Crippen LogP contribution in [0, 0.1) is 5.92 Å². The van der Waals surface area contributed by atoms with Crippen LogP contribution in [0.15, 0.2) is 0 Å². The van der Waals surface area contributed by atoms with Crippen molar-refractivity contribution in [1.82, 2.24) is 20.4 Å². The van der Waals surface area contributed by atoms with E-state index in [2.05, 4.69) is 22.5 Å².